The van der Waals surface area contributed by atoms with E-state index in [0.29, 0.717) is 6.54 Å². The predicted molar refractivity (Wildman–Crippen MR) is 93.1 cm³/mol. The zero-order valence-electron chi connectivity index (χ0n) is 13.9. The predicted octanol–water partition coefficient (Wildman–Crippen LogP) is 0.642. The highest BCUT2D eigenvalue weighted by Crippen LogP contribution is 2.34. The topological polar surface area (TPSA) is 95.6 Å². The first kappa shape index (κ1) is 17.4. The van der Waals surface area contributed by atoms with Crippen LogP contribution in [0.4, 0.5) is 0 Å². The number of hydrogen-bond acceptors (Lipinski definition) is 5. The molecule has 4 rings (SSSR count). The third kappa shape index (κ3) is 3.35. The van der Waals surface area contributed by atoms with Crippen molar-refractivity contribution >= 4 is 20.0 Å². The van der Waals surface area contributed by atoms with Crippen LogP contribution in [0.15, 0.2) is 34.1 Å². The maximum absolute atomic E-state index is 13.2. The Labute approximate surface area is 148 Å². The fourth-order valence-electron chi connectivity index (χ4n) is 3.74. The van der Waals surface area contributed by atoms with Gasteiger partial charge in [-0.05, 0) is 56.8 Å². The Bertz CT molecular complexity index is 851. The number of nitrogens with one attached hydrogen (secondary N) is 2. The molecule has 2 bridgehead atoms. The Morgan fingerprint density at radius 1 is 0.960 bits per heavy atom. The Balaban J connectivity index is 1.68. The lowest BCUT2D eigenvalue weighted by Gasteiger charge is -2.27. The van der Waals surface area contributed by atoms with Crippen molar-refractivity contribution in [1.82, 2.24) is 14.3 Å². The summed E-state index contributed by atoms with van der Waals surface area (Å²) in [5.74, 6) is 0. The van der Waals surface area contributed by atoms with E-state index in [-0.39, 0.29) is 27.9 Å². The lowest BCUT2D eigenvalue weighted by Crippen LogP contribution is -2.42. The molecule has 0 spiro atoms. The van der Waals surface area contributed by atoms with Crippen LogP contribution in [0.25, 0.3) is 0 Å². The lowest BCUT2D eigenvalue weighted by molar-refractivity contribution is 0.334. The number of benzene rings is 1. The van der Waals surface area contributed by atoms with E-state index >= 15 is 0 Å². The molecule has 9 heteroatoms. The zero-order valence-corrected chi connectivity index (χ0v) is 15.5. The zero-order chi connectivity index (χ0) is 17.7. The summed E-state index contributed by atoms with van der Waals surface area (Å²) in [5.41, 5.74) is 0. The molecule has 2 heterocycles. The molecule has 2 N–H and O–H groups in total. The molecule has 1 saturated carbocycles. The molecule has 1 aromatic rings. The molecule has 2 atom stereocenters. The minimum atomic E-state index is -3.72. The van der Waals surface area contributed by atoms with Crippen LogP contribution in [0.2, 0.25) is 0 Å². The molecule has 1 aliphatic carbocycles. The summed E-state index contributed by atoms with van der Waals surface area (Å²) in [6.07, 6.45) is 4.17. The Morgan fingerprint density at radius 3 is 2.44 bits per heavy atom. The average molecular weight is 386 g/mol. The van der Waals surface area contributed by atoms with E-state index in [1.54, 1.807) is 4.31 Å². The van der Waals surface area contributed by atoms with Gasteiger partial charge in [-0.3, -0.25) is 0 Å². The molecule has 7 nitrogen and oxygen atoms in total. The average Bonchev–Trinajstić information content (AvgIpc) is 3.29. The Kier molecular flexibility index (Phi) is 4.40. The van der Waals surface area contributed by atoms with Crippen molar-refractivity contribution in [1.29, 1.82) is 0 Å². The summed E-state index contributed by atoms with van der Waals surface area (Å²) in [7, 11) is -7.39. The Morgan fingerprint density at radius 2 is 1.68 bits per heavy atom. The standard InChI is InChI=1S/C16H23N3O4S2/c20-24(21,18-12-4-5-12)15-2-1-3-16(10-15)25(22,23)19-13-6-7-14(19)11-17-9-8-13/h1-3,10,12-14,17-18H,4-9,11H2. The van der Waals surface area contributed by atoms with Crippen LogP contribution >= 0.6 is 0 Å². The van der Waals surface area contributed by atoms with E-state index in [1.807, 2.05) is 0 Å². The van der Waals surface area contributed by atoms with Gasteiger partial charge in [0.15, 0.2) is 0 Å². The number of fused-ring (bicyclic) bond motifs is 2. The second-order valence-electron chi connectivity index (χ2n) is 7.08. The maximum Gasteiger partial charge on any atom is 0.243 e. The van der Waals surface area contributed by atoms with Gasteiger partial charge < -0.3 is 5.32 Å². The largest absolute Gasteiger partial charge is 0.315 e. The van der Waals surface area contributed by atoms with Crippen LogP contribution in [0.5, 0.6) is 0 Å². The summed E-state index contributed by atoms with van der Waals surface area (Å²) in [5, 5.41) is 3.28. The first-order valence-electron chi connectivity index (χ1n) is 8.74. The van der Waals surface area contributed by atoms with E-state index in [0.717, 1.165) is 38.6 Å². The van der Waals surface area contributed by atoms with Crippen LogP contribution in [-0.2, 0) is 20.0 Å². The number of sulfonamides is 2. The van der Waals surface area contributed by atoms with Crippen molar-refractivity contribution in [2.45, 2.75) is 60.0 Å². The normalized spacial score (nSPS) is 28.0. The second-order valence-corrected chi connectivity index (χ2v) is 10.6. The Hall–Kier alpha value is -1.00. The third-order valence-corrected chi connectivity index (χ3v) is 8.70. The fraction of sp³-hybridized carbons (Fsp3) is 0.625. The van der Waals surface area contributed by atoms with Gasteiger partial charge in [-0.2, -0.15) is 4.31 Å². The smallest absolute Gasteiger partial charge is 0.243 e. The first-order valence-corrected chi connectivity index (χ1v) is 11.7. The van der Waals surface area contributed by atoms with E-state index in [2.05, 4.69) is 10.0 Å². The van der Waals surface area contributed by atoms with Gasteiger partial charge in [0.2, 0.25) is 20.0 Å². The molecule has 2 aliphatic heterocycles. The van der Waals surface area contributed by atoms with E-state index in [1.165, 1.54) is 24.3 Å². The molecule has 0 amide bonds. The summed E-state index contributed by atoms with van der Waals surface area (Å²) in [6, 6.07) is 5.66. The molecule has 2 unspecified atom stereocenters. The van der Waals surface area contributed by atoms with Gasteiger partial charge in [-0.1, -0.05) is 6.07 Å². The molecule has 0 aromatic heterocycles. The first-order chi connectivity index (χ1) is 11.9. The van der Waals surface area contributed by atoms with Crippen molar-refractivity contribution in [2.24, 2.45) is 0 Å². The van der Waals surface area contributed by atoms with Crippen LogP contribution in [-0.4, -0.2) is 52.4 Å². The van der Waals surface area contributed by atoms with E-state index in [9.17, 15) is 16.8 Å². The highest BCUT2D eigenvalue weighted by Gasteiger charge is 2.43. The minimum Gasteiger partial charge on any atom is -0.315 e. The highest BCUT2D eigenvalue weighted by atomic mass is 32.2. The summed E-state index contributed by atoms with van der Waals surface area (Å²) in [4.78, 5) is 0.0748. The van der Waals surface area contributed by atoms with Crippen LogP contribution in [0.1, 0.15) is 32.1 Å². The molecule has 3 aliphatic rings. The molecule has 25 heavy (non-hydrogen) atoms. The van der Waals surface area contributed by atoms with Gasteiger partial charge in [0.25, 0.3) is 0 Å². The molecule has 138 valence electrons. The van der Waals surface area contributed by atoms with E-state index in [4.69, 9.17) is 0 Å². The SMILES string of the molecule is O=S(=O)(NC1CC1)c1cccc(S(=O)(=O)N2C3CCNCC2CC3)c1. The summed E-state index contributed by atoms with van der Waals surface area (Å²) >= 11 is 0. The van der Waals surface area contributed by atoms with Gasteiger partial charge in [0.05, 0.1) is 9.79 Å². The van der Waals surface area contributed by atoms with Crippen molar-refractivity contribution in [3.63, 3.8) is 0 Å². The number of hydrogen-bond donors (Lipinski definition) is 2. The quantitative estimate of drug-likeness (QED) is 0.776. The third-order valence-electron chi connectivity index (χ3n) is 5.18. The van der Waals surface area contributed by atoms with Gasteiger partial charge in [0, 0.05) is 24.7 Å². The molecule has 2 saturated heterocycles. The molecule has 1 aromatic carbocycles. The second kappa shape index (κ2) is 6.31. The summed E-state index contributed by atoms with van der Waals surface area (Å²) < 4.78 is 55.4. The molecule has 0 radical (unpaired) electrons. The number of nitrogens with zero attached hydrogens (tertiary/aromatic N) is 1. The van der Waals surface area contributed by atoms with Gasteiger partial charge in [-0.15, -0.1) is 0 Å². The van der Waals surface area contributed by atoms with Crippen molar-refractivity contribution in [3.8, 4) is 0 Å². The van der Waals surface area contributed by atoms with Crippen molar-refractivity contribution in [2.75, 3.05) is 13.1 Å². The van der Waals surface area contributed by atoms with Gasteiger partial charge in [0.1, 0.15) is 0 Å². The summed E-state index contributed by atoms with van der Waals surface area (Å²) in [6.45, 7) is 1.46. The van der Waals surface area contributed by atoms with Crippen LogP contribution < -0.4 is 10.0 Å². The van der Waals surface area contributed by atoms with Crippen LogP contribution in [0.3, 0.4) is 0 Å². The number of rotatable bonds is 5. The van der Waals surface area contributed by atoms with Gasteiger partial charge in [-0.25, -0.2) is 21.6 Å². The monoisotopic (exact) mass is 385 g/mol. The van der Waals surface area contributed by atoms with Crippen molar-refractivity contribution < 1.29 is 16.8 Å². The van der Waals surface area contributed by atoms with Crippen molar-refractivity contribution in [3.05, 3.63) is 24.3 Å². The molecular formula is C16H23N3O4S2. The molecule has 3 fully saturated rings. The maximum atomic E-state index is 13.2. The van der Waals surface area contributed by atoms with Gasteiger partial charge >= 0.3 is 0 Å². The van der Waals surface area contributed by atoms with E-state index < -0.39 is 20.0 Å². The fourth-order valence-corrected chi connectivity index (χ4v) is 7.11. The lowest BCUT2D eigenvalue weighted by atomic mass is 10.1. The highest BCUT2D eigenvalue weighted by molar-refractivity contribution is 7.90. The minimum absolute atomic E-state index is 0.00477. The molecular weight excluding hydrogens is 362 g/mol. The van der Waals surface area contributed by atoms with Crippen LogP contribution in [0, 0.1) is 0 Å².